The fraction of sp³-hybridized carbons (Fsp3) is 0.556. The van der Waals surface area contributed by atoms with Crippen molar-refractivity contribution in [1.29, 1.82) is 0 Å². The van der Waals surface area contributed by atoms with Crippen LogP contribution in [0.4, 0.5) is 11.8 Å². The number of hydrogen-bond acceptors (Lipinski definition) is 7. The zero-order valence-corrected chi connectivity index (χ0v) is 14.6. The van der Waals surface area contributed by atoms with Gasteiger partial charge in [-0.05, 0) is 44.6 Å². The summed E-state index contributed by atoms with van der Waals surface area (Å²) in [6.07, 6.45) is 6.35. The molecular weight excluding hydrogens is 316 g/mol. The van der Waals surface area contributed by atoms with Gasteiger partial charge >= 0.3 is 0 Å². The molecule has 7 heteroatoms. The van der Waals surface area contributed by atoms with E-state index in [2.05, 4.69) is 30.2 Å². The first kappa shape index (κ1) is 16.2. The second kappa shape index (κ2) is 6.55. The average molecular weight is 340 g/mol. The van der Waals surface area contributed by atoms with E-state index < -0.39 is 0 Å². The van der Waals surface area contributed by atoms with Crippen LogP contribution in [0.1, 0.15) is 24.2 Å². The van der Waals surface area contributed by atoms with Gasteiger partial charge in [0.25, 0.3) is 0 Å². The van der Waals surface area contributed by atoms with Gasteiger partial charge in [0.1, 0.15) is 5.82 Å². The minimum Gasteiger partial charge on any atom is -0.391 e. The highest BCUT2D eigenvalue weighted by Crippen LogP contribution is 2.38. The average Bonchev–Trinajstić information content (AvgIpc) is 2.98. The number of nitrogens with zero attached hydrogens (tertiary/aromatic N) is 5. The molecule has 0 aromatic carbocycles. The molecule has 132 valence electrons. The summed E-state index contributed by atoms with van der Waals surface area (Å²) in [6.45, 7) is 5.87. The highest BCUT2D eigenvalue weighted by Gasteiger charge is 2.42. The van der Waals surface area contributed by atoms with Crippen LogP contribution in [0.3, 0.4) is 0 Å². The second-order valence-electron chi connectivity index (χ2n) is 7.26. The van der Waals surface area contributed by atoms with Crippen LogP contribution in [-0.4, -0.2) is 50.3 Å². The van der Waals surface area contributed by atoms with E-state index in [9.17, 15) is 5.11 Å². The summed E-state index contributed by atoms with van der Waals surface area (Å²) >= 11 is 0. The molecule has 1 aliphatic carbocycles. The lowest BCUT2D eigenvalue weighted by Gasteiger charge is -2.35. The third-order valence-electron chi connectivity index (χ3n) is 5.29. The molecule has 2 aliphatic rings. The first-order valence-corrected chi connectivity index (χ1v) is 8.86. The first-order valence-electron chi connectivity index (χ1n) is 8.86. The number of rotatable bonds is 3. The molecule has 7 nitrogen and oxygen atoms in total. The third kappa shape index (κ3) is 3.42. The van der Waals surface area contributed by atoms with Crippen molar-refractivity contribution in [1.82, 2.24) is 19.9 Å². The molecule has 2 fully saturated rings. The molecule has 4 atom stereocenters. The second-order valence-corrected chi connectivity index (χ2v) is 7.26. The van der Waals surface area contributed by atoms with Crippen LogP contribution in [0.5, 0.6) is 0 Å². The lowest BCUT2D eigenvalue weighted by atomic mass is 9.77. The molecule has 0 bridgehead atoms. The van der Waals surface area contributed by atoms with Gasteiger partial charge in [0.2, 0.25) is 5.95 Å². The Balaban J connectivity index is 1.46. The number of fused-ring (bicyclic) bond motifs is 1. The van der Waals surface area contributed by atoms with Crippen LogP contribution in [-0.2, 0) is 0 Å². The van der Waals surface area contributed by atoms with Crippen molar-refractivity contribution in [2.24, 2.45) is 11.8 Å². The molecule has 1 saturated carbocycles. The first-order chi connectivity index (χ1) is 12.1. The van der Waals surface area contributed by atoms with Crippen LogP contribution in [0.2, 0.25) is 0 Å². The smallest absolute Gasteiger partial charge is 0.225 e. The van der Waals surface area contributed by atoms with Gasteiger partial charge in [-0.15, -0.1) is 0 Å². The van der Waals surface area contributed by atoms with Crippen molar-refractivity contribution < 1.29 is 5.11 Å². The highest BCUT2D eigenvalue weighted by molar-refractivity contribution is 5.36. The van der Waals surface area contributed by atoms with Crippen molar-refractivity contribution in [3.05, 3.63) is 36.0 Å². The summed E-state index contributed by atoms with van der Waals surface area (Å²) in [6, 6.07) is 2.01. The van der Waals surface area contributed by atoms with Crippen molar-refractivity contribution in [2.75, 3.05) is 23.3 Å². The zero-order chi connectivity index (χ0) is 17.4. The number of hydrogen-bond donors (Lipinski definition) is 2. The topological polar surface area (TPSA) is 87.1 Å². The van der Waals surface area contributed by atoms with E-state index in [1.165, 1.54) is 0 Å². The fourth-order valence-corrected chi connectivity index (χ4v) is 4.16. The summed E-state index contributed by atoms with van der Waals surface area (Å²) in [5.74, 6) is 2.55. The van der Waals surface area contributed by atoms with Crippen molar-refractivity contribution in [3.8, 4) is 0 Å². The molecule has 1 aliphatic heterocycles. The van der Waals surface area contributed by atoms with Gasteiger partial charge in [-0.25, -0.2) is 15.0 Å². The van der Waals surface area contributed by atoms with Crippen molar-refractivity contribution in [2.45, 2.75) is 38.8 Å². The molecular formula is C18H24N6O. The third-order valence-corrected chi connectivity index (χ3v) is 5.29. The Labute approximate surface area is 147 Å². The minimum atomic E-state index is -0.372. The highest BCUT2D eigenvalue weighted by atomic mass is 16.3. The Morgan fingerprint density at radius 1 is 1.08 bits per heavy atom. The van der Waals surface area contributed by atoms with Gasteiger partial charge in [-0.2, -0.15) is 0 Å². The Hall–Kier alpha value is -2.28. The lowest BCUT2D eigenvalue weighted by Crippen LogP contribution is -2.43. The molecule has 0 spiro atoms. The predicted molar refractivity (Wildman–Crippen MR) is 95.4 cm³/mol. The molecule has 2 N–H and O–H groups in total. The zero-order valence-electron chi connectivity index (χ0n) is 14.6. The number of aliphatic hydroxyl groups excluding tert-OH is 1. The van der Waals surface area contributed by atoms with Crippen molar-refractivity contribution in [3.63, 3.8) is 0 Å². The van der Waals surface area contributed by atoms with E-state index >= 15 is 0 Å². The number of aromatic nitrogens is 4. The van der Waals surface area contributed by atoms with Crippen LogP contribution >= 0.6 is 0 Å². The summed E-state index contributed by atoms with van der Waals surface area (Å²) < 4.78 is 0. The summed E-state index contributed by atoms with van der Waals surface area (Å²) in [7, 11) is 0. The van der Waals surface area contributed by atoms with Gasteiger partial charge in [0, 0.05) is 36.9 Å². The van der Waals surface area contributed by atoms with E-state index in [-0.39, 0.29) is 12.1 Å². The molecule has 0 radical (unpaired) electrons. The minimum absolute atomic E-state index is 0.0121. The van der Waals surface area contributed by atoms with E-state index in [1.54, 1.807) is 18.6 Å². The van der Waals surface area contributed by atoms with Gasteiger partial charge in [0.15, 0.2) is 0 Å². The number of aliphatic hydroxyl groups is 1. The number of aryl methyl sites for hydroxylation is 2. The molecule has 2 aromatic heterocycles. The Kier molecular flexibility index (Phi) is 4.25. The molecule has 0 unspecified atom stereocenters. The Morgan fingerprint density at radius 2 is 1.80 bits per heavy atom. The van der Waals surface area contributed by atoms with Crippen LogP contribution in [0.25, 0.3) is 0 Å². The molecule has 3 heterocycles. The van der Waals surface area contributed by atoms with E-state index in [0.717, 1.165) is 49.1 Å². The maximum Gasteiger partial charge on any atom is 0.225 e. The van der Waals surface area contributed by atoms with Crippen LogP contribution in [0.15, 0.2) is 24.7 Å². The standard InChI is InChI=1S/C18H24N6O/c1-11-5-12(2)22-18(21-11)24-9-13-6-15(16(25)7-14(13)10-24)23-17-8-19-3-4-20-17/h3-5,8,13-16,25H,6-7,9-10H2,1-2H3,(H,20,23)/t13-,14+,15-,16-/m1/s1. The SMILES string of the molecule is Cc1cc(C)nc(N2C[C@H]3C[C@@H](Nc4cnccn4)[C@H](O)C[C@H]3C2)n1. The van der Waals surface area contributed by atoms with E-state index in [4.69, 9.17) is 0 Å². The normalized spacial score (nSPS) is 28.7. The summed E-state index contributed by atoms with van der Waals surface area (Å²) in [4.78, 5) is 19.8. The number of anilines is 2. The molecule has 0 amide bonds. The molecule has 4 rings (SSSR count). The van der Waals surface area contributed by atoms with Gasteiger partial charge in [-0.3, -0.25) is 4.98 Å². The van der Waals surface area contributed by atoms with Crippen LogP contribution < -0.4 is 10.2 Å². The maximum atomic E-state index is 10.6. The Morgan fingerprint density at radius 3 is 2.48 bits per heavy atom. The molecule has 2 aromatic rings. The summed E-state index contributed by atoms with van der Waals surface area (Å²) in [5.41, 5.74) is 2.00. The fourth-order valence-electron chi connectivity index (χ4n) is 4.16. The molecule has 1 saturated heterocycles. The number of nitrogens with one attached hydrogen (secondary N) is 1. The predicted octanol–water partition coefficient (Wildman–Crippen LogP) is 1.57. The van der Waals surface area contributed by atoms with Gasteiger partial charge < -0.3 is 15.3 Å². The quantitative estimate of drug-likeness (QED) is 0.877. The lowest BCUT2D eigenvalue weighted by molar-refractivity contribution is 0.0737. The Bertz CT molecular complexity index is 719. The summed E-state index contributed by atoms with van der Waals surface area (Å²) in [5, 5.41) is 13.9. The van der Waals surface area contributed by atoms with Crippen molar-refractivity contribution >= 4 is 11.8 Å². The van der Waals surface area contributed by atoms with E-state index in [1.807, 2.05) is 19.9 Å². The molecule has 25 heavy (non-hydrogen) atoms. The largest absolute Gasteiger partial charge is 0.391 e. The monoisotopic (exact) mass is 340 g/mol. The van der Waals surface area contributed by atoms with E-state index in [0.29, 0.717) is 11.8 Å². The van der Waals surface area contributed by atoms with Crippen LogP contribution in [0, 0.1) is 25.7 Å². The van der Waals surface area contributed by atoms with Gasteiger partial charge in [-0.1, -0.05) is 0 Å². The maximum absolute atomic E-state index is 10.6. The van der Waals surface area contributed by atoms with Gasteiger partial charge in [0.05, 0.1) is 18.3 Å².